The third-order valence-corrected chi connectivity index (χ3v) is 3.08. The molecule has 0 heterocycles. The van der Waals surface area contributed by atoms with Gasteiger partial charge in [0, 0.05) is 18.7 Å². The lowest BCUT2D eigenvalue weighted by molar-refractivity contribution is 0.267. The zero-order valence-corrected chi connectivity index (χ0v) is 10.7. The van der Waals surface area contributed by atoms with Crippen LogP contribution in [0.3, 0.4) is 0 Å². The smallest absolute Gasteiger partial charge is 0.120 e. The highest BCUT2D eigenvalue weighted by molar-refractivity contribution is 5.31. The van der Waals surface area contributed by atoms with Crippen molar-refractivity contribution in [2.75, 3.05) is 6.54 Å². The van der Waals surface area contributed by atoms with Crippen molar-refractivity contribution >= 4 is 0 Å². The summed E-state index contributed by atoms with van der Waals surface area (Å²) in [6.07, 6.45) is 0. The van der Waals surface area contributed by atoms with Gasteiger partial charge in [-0.1, -0.05) is 55.5 Å². The van der Waals surface area contributed by atoms with Gasteiger partial charge in [0.2, 0.25) is 0 Å². The van der Waals surface area contributed by atoms with Gasteiger partial charge in [-0.2, -0.15) is 0 Å². The fraction of sp³-hybridized carbons (Fsp3) is 0.250. The van der Waals surface area contributed by atoms with E-state index in [1.165, 1.54) is 5.56 Å². The molecule has 0 aliphatic heterocycles. The Morgan fingerprint density at radius 1 is 0.889 bits per heavy atom. The maximum atomic E-state index is 9.79. The van der Waals surface area contributed by atoms with Crippen molar-refractivity contribution in [3.8, 4) is 5.75 Å². The third kappa shape index (κ3) is 3.34. The minimum absolute atomic E-state index is 0.379. The van der Waals surface area contributed by atoms with Crippen molar-refractivity contribution in [3.63, 3.8) is 0 Å². The van der Waals surface area contributed by atoms with E-state index in [1.807, 2.05) is 24.3 Å². The zero-order valence-electron chi connectivity index (χ0n) is 10.7. The highest BCUT2D eigenvalue weighted by Crippen LogP contribution is 2.18. The SMILES string of the molecule is CCN(Cc1ccccc1)Cc1ccccc1O. The highest BCUT2D eigenvalue weighted by atomic mass is 16.3. The van der Waals surface area contributed by atoms with Crippen LogP contribution >= 0.6 is 0 Å². The van der Waals surface area contributed by atoms with Crippen LogP contribution in [0.25, 0.3) is 0 Å². The third-order valence-electron chi connectivity index (χ3n) is 3.08. The van der Waals surface area contributed by atoms with Crippen molar-refractivity contribution in [2.24, 2.45) is 0 Å². The first-order chi connectivity index (χ1) is 8.79. The maximum Gasteiger partial charge on any atom is 0.120 e. The molecular weight excluding hydrogens is 222 g/mol. The van der Waals surface area contributed by atoms with Gasteiger partial charge in [0.05, 0.1) is 0 Å². The predicted octanol–water partition coefficient (Wildman–Crippen LogP) is 3.41. The van der Waals surface area contributed by atoms with E-state index in [0.29, 0.717) is 5.75 Å². The first-order valence-corrected chi connectivity index (χ1v) is 6.32. The Morgan fingerprint density at radius 3 is 2.22 bits per heavy atom. The average Bonchev–Trinajstić information content (AvgIpc) is 2.41. The molecule has 1 N–H and O–H groups in total. The van der Waals surface area contributed by atoms with Crippen molar-refractivity contribution < 1.29 is 5.11 Å². The van der Waals surface area contributed by atoms with Gasteiger partial charge in [0.1, 0.15) is 5.75 Å². The van der Waals surface area contributed by atoms with Gasteiger partial charge in [0.15, 0.2) is 0 Å². The Balaban J connectivity index is 2.04. The molecule has 2 rings (SSSR count). The molecule has 0 spiro atoms. The van der Waals surface area contributed by atoms with E-state index in [9.17, 15) is 5.11 Å². The van der Waals surface area contributed by atoms with Crippen molar-refractivity contribution in [2.45, 2.75) is 20.0 Å². The highest BCUT2D eigenvalue weighted by Gasteiger charge is 2.07. The molecule has 2 aromatic carbocycles. The number of para-hydroxylation sites is 1. The molecule has 94 valence electrons. The Morgan fingerprint density at radius 2 is 1.56 bits per heavy atom. The number of aromatic hydroxyl groups is 1. The van der Waals surface area contributed by atoms with Crippen LogP contribution in [0.5, 0.6) is 5.75 Å². The number of phenolic OH excluding ortho intramolecular Hbond substituents is 1. The van der Waals surface area contributed by atoms with Gasteiger partial charge in [-0.05, 0) is 18.2 Å². The second-order valence-electron chi connectivity index (χ2n) is 4.42. The first kappa shape index (κ1) is 12.7. The number of hydrogen-bond donors (Lipinski definition) is 1. The van der Waals surface area contributed by atoms with Crippen LogP contribution in [-0.4, -0.2) is 16.6 Å². The summed E-state index contributed by atoms with van der Waals surface area (Å²) >= 11 is 0. The van der Waals surface area contributed by atoms with Crippen LogP contribution in [0.4, 0.5) is 0 Å². The molecule has 0 bridgehead atoms. The van der Waals surface area contributed by atoms with E-state index in [0.717, 1.165) is 25.2 Å². The molecule has 2 aromatic rings. The Hall–Kier alpha value is -1.80. The summed E-state index contributed by atoms with van der Waals surface area (Å²) in [6.45, 7) is 4.79. The predicted molar refractivity (Wildman–Crippen MR) is 74.3 cm³/mol. The molecule has 2 nitrogen and oxygen atoms in total. The molecule has 0 amide bonds. The molecule has 0 aliphatic rings. The van der Waals surface area contributed by atoms with Crippen LogP contribution in [0.2, 0.25) is 0 Å². The van der Waals surface area contributed by atoms with E-state index in [4.69, 9.17) is 0 Å². The lowest BCUT2D eigenvalue weighted by atomic mass is 10.1. The lowest BCUT2D eigenvalue weighted by Gasteiger charge is -2.21. The van der Waals surface area contributed by atoms with E-state index >= 15 is 0 Å². The van der Waals surface area contributed by atoms with Crippen LogP contribution in [0, 0.1) is 0 Å². The molecule has 18 heavy (non-hydrogen) atoms. The summed E-state index contributed by atoms with van der Waals surface area (Å²) in [5.74, 6) is 0.379. The van der Waals surface area contributed by atoms with Crippen molar-refractivity contribution in [3.05, 3.63) is 65.7 Å². The number of hydrogen-bond acceptors (Lipinski definition) is 2. The van der Waals surface area contributed by atoms with Gasteiger partial charge in [-0.3, -0.25) is 4.90 Å². The number of nitrogens with zero attached hydrogens (tertiary/aromatic N) is 1. The Bertz CT molecular complexity index is 481. The van der Waals surface area contributed by atoms with E-state index in [2.05, 4.69) is 36.1 Å². The summed E-state index contributed by atoms with van der Waals surface area (Å²) in [4.78, 5) is 2.31. The van der Waals surface area contributed by atoms with Crippen molar-refractivity contribution in [1.82, 2.24) is 4.90 Å². The topological polar surface area (TPSA) is 23.5 Å². The molecule has 0 saturated heterocycles. The van der Waals surface area contributed by atoms with Crippen LogP contribution in [0.15, 0.2) is 54.6 Å². The van der Waals surface area contributed by atoms with Crippen molar-refractivity contribution in [1.29, 1.82) is 0 Å². The fourth-order valence-corrected chi connectivity index (χ4v) is 2.01. The van der Waals surface area contributed by atoms with E-state index in [1.54, 1.807) is 6.07 Å². The van der Waals surface area contributed by atoms with Gasteiger partial charge in [-0.15, -0.1) is 0 Å². The minimum atomic E-state index is 0.379. The van der Waals surface area contributed by atoms with E-state index < -0.39 is 0 Å². The summed E-state index contributed by atoms with van der Waals surface area (Å²) < 4.78 is 0. The molecule has 0 radical (unpaired) electrons. The Kier molecular flexibility index (Phi) is 4.37. The summed E-state index contributed by atoms with van der Waals surface area (Å²) in [7, 11) is 0. The number of benzene rings is 2. The van der Waals surface area contributed by atoms with E-state index in [-0.39, 0.29) is 0 Å². The number of rotatable bonds is 5. The number of phenols is 1. The summed E-state index contributed by atoms with van der Waals surface area (Å²) in [5.41, 5.74) is 2.28. The van der Waals surface area contributed by atoms with Gasteiger partial charge < -0.3 is 5.11 Å². The molecular formula is C16H19NO. The summed E-state index contributed by atoms with van der Waals surface area (Å²) in [5, 5.41) is 9.79. The fourth-order valence-electron chi connectivity index (χ4n) is 2.01. The lowest BCUT2D eigenvalue weighted by Crippen LogP contribution is -2.22. The van der Waals surface area contributed by atoms with Gasteiger partial charge in [-0.25, -0.2) is 0 Å². The maximum absolute atomic E-state index is 9.79. The molecule has 0 saturated carbocycles. The molecule has 2 heteroatoms. The molecule has 0 fully saturated rings. The largest absolute Gasteiger partial charge is 0.508 e. The molecule has 0 atom stereocenters. The second kappa shape index (κ2) is 6.22. The molecule has 0 aromatic heterocycles. The molecule has 0 unspecified atom stereocenters. The first-order valence-electron chi connectivity index (χ1n) is 6.32. The van der Waals surface area contributed by atoms with Crippen LogP contribution < -0.4 is 0 Å². The van der Waals surface area contributed by atoms with Crippen LogP contribution in [-0.2, 0) is 13.1 Å². The quantitative estimate of drug-likeness (QED) is 0.867. The zero-order chi connectivity index (χ0) is 12.8. The Labute approximate surface area is 109 Å². The normalized spacial score (nSPS) is 10.8. The van der Waals surface area contributed by atoms with Crippen LogP contribution in [0.1, 0.15) is 18.1 Å². The second-order valence-corrected chi connectivity index (χ2v) is 4.42. The monoisotopic (exact) mass is 241 g/mol. The van der Waals surface area contributed by atoms with Gasteiger partial charge >= 0.3 is 0 Å². The van der Waals surface area contributed by atoms with Gasteiger partial charge in [0.25, 0.3) is 0 Å². The molecule has 0 aliphatic carbocycles. The standard InChI is InChI=1S/C16H19NO/c1-2-17(12-14-8-4-3-5-9-14)13-15-10-6-7-11-16(15)18/h3-11,18H,2,12-13H2,1H3. The minimum Gasteiger partial charge on any atom is -0.508 e. The summed E-state index contributed by atoms with van der Waals surface area (Å²) in [6, 6.07) is 17.9. The average molecular weight is 241 g/mol.